The Kier molecular flexibility index (Phi) is 5.37. The number of carboxylic acid groups (broad SMARTS) is 1. The molecule has 0 aromatic rings. The van der Waals surface area contributed by atoms with E-state index in [0.717, 1.165) is 32.2 Å². The van der Waals surface area contributed by atoms with Gasteiger partial charge in [-0.15, -0.1) is 0 Å². The standard InChI is InChI=1S/C14H24N2O4/c1-2-7-16(12-9-20-8-10(12)14(18)19)13(17)11-5-3-4-6-15-11/h10-12,15H,2-9H2,1H3,(H,18,19)/t10?,11-,12?/m0/s1. The number of nitrogens with one attached hydrogen (secondary N) is 1. The number of carbonyl (C=O) groups is 2. The van der Waals surface area contributed by atoms with Gasteiger partial charge in [0.2, 0.25) is 5.91 Å². The minimum Gasteiger partial charge on any atom is -0.481 e. The molecule has 114 valence electrons. The van der Waals surface area contributed by atoms with E-state index in [2.05, 4.69) is 5.32 Å². The van der Waals surface area contributed by atoms with Crippen molar-refractivity contribution in [2.75, 3.05) is 26.3 Å². The van der Waals surface area contributed by atoms with Crippen molar-refractivity contribution < 1.29 is 19.4 Å². The molecule has 3 atom stereocenters. The molecule has 0 aromatic carbocycles. The molecule has 0 radical (unpaired) electrons. The smallest absolute Gasteiger partial charge is 0.311 e. The van der Waals surface area contributed by atoms with Crippen LogP contribution in [0.1, 0.15) is 32.6 Å². The number of ether oxygens (including phenoxy) is 1. The van der Waals surface area contributed by atoms with Crippen LogP contribution in [0, 0.1) is 5.92 Å². The third-order valence-electron chi connectivity index (χ3n) is 4.12. The highest BCUT2D eigenvalue weighted by Gasteiger charge is 2.41. The average Bonchev–Trinajstić information content (AvgIpc) is 2.94. The zero-order chi connectivity index (χ0) is 14.5. The van der Waals surface area contributed by atoms with Crippen molar-refractivity contribution in [2.24, 2.45) is 5.92 Å². The van der Waals surface area contributed by atoms with Crippen LogP contribution in [0.5, 0.6) is 0 Å². The Morgan fingerprint density at radius 1 is 1.35 bits per heavy atom. The zero-order valence-corrected chi connectivity index (χ0v) is 12.0. The van der Waals surface area contributed by atoms with Gasteiger partial charge in [0.15, 0.2) is 0 Å². The molecule has 0 bridgehead atoms. The fourth-order valence-corrected chi connectivity index (χ4v) is 3.03. The second kappa shape index (κ2) is 7.04. The van der Waals surface area contributed by atoms with Crippen LogP contribution in [0.3, 0.4) is 0 Å². The number of hydrogen-bond donors (Lipinski definition) is 2. The Bertz CT molecular complexity index is 355. The molecule has 2 rings (SSSR count). The first-order chi connectivity index (χ1) is 9.65. The van der Waals surface area contributed by atoms with E-state index in [1.165, 1.54) is 0 Å². The van der Waals surface area contributed by atoms with E-state index in [-0.39, 0.29) is 24.6 Å². The number of hydrogen-bond acceptors (Lipinski definition) is 4. The largest absolute Gasteiger partial charge is 0.481 e. The van der Waals surface area contributed by atoms with Gasteiger partial charge in [-0.3, -0.25) is 9.59 Å². The van der Waals surface area contributed by atoms with Gasteiger partial charge in [0.1, 0.15) is 5.92 Å². The third-order valence-corrected chi connectivity index (χ3v) is 4.12. The number of carbonyl (C=O) groups excluding carboxylic acids is 1. The van der Waals surface area contributed by atoms with Crippen molar-refractivity contribution in [3.8, 4) is 0 Å². The van der Waals surface area contributed by atoms with Crippen LogP contribution in [0.25, 0.3) is 0 Å². The van der Waals surface area contributed by atoms with Gasteiger partial charge < -0.3 is 20.1 Å². The van der Waals surface area contributed by atoms with Gasteiger partial charge >= 0.3 is 5.97 Å². The van der Waals surface area contributed by atoms with Crippen molar-refractivity contribution in [1.29, 1.82) is 0 Å². The maximum Gasteiger partial charge on any atom is 0.311 e. The minimum absolute atomic E-state index is 0.0355. The fraction of sp³-hybridized carbons (Fsp3) is 0.857. The highest BCUT2D eigenvalue weighted by molar-refractivity contribution is 5.83. The second-order valence-electron chi connectivity index (χ2n) is 5.58. The molecule has 2 heterocycles. The summed E-state index contributed by atoms with van der Waals surface area (Å²) >= 11 is 0. The summed E-state index contributed by atoms with van der Waals surface area (Å²) in [5.74, 6) is -1.44. The molecule has 2 aliphatic rings. The van der Waals surface area contributed by atoms with E-state index < -0.39 is 11.9 Å². The van der Waals surface area contributed by atoms with Gasteiger partial charge in [-0.25, -0.2) is 0 Å². The lowest BCUT2D eigenvalue weighted by atomic mass is 9.98. The van der Waals surface area contributed by atoms with E-state index in [1.54, 1.807) is 4.90 Å². The SMILES string of the molecule is CCCN(C(=O)[C@@H]1CCCCN1)C1COCC1C(=O)O. The van der Waals surface area contributed by atoms with Crippen molar-refractivity contribution in [3.05, 3.63) is 0 Å². The number of rotatable bonds is 5. The summed E-state index contributed by atoms with van der Waals surface area (Å²) in [6.07, 6.45) is 3.81. The van der Waals surface area contributed by atoms with E-state index in [9.17, 15) is 14.7 Å². The van der Waals surface area contributed by atoms with Crippen LogP contribution in [0.15, 0.2) is 0 Å². The summed E-state index contributed by atoms with van der Waals surface area (Å²) < 4.78 is 5.30. The third kappa shape index (κ3) is 3.30. The molecule has 6 heteroatoms. The van der Waals surface area contributed by atoms with Crippen LogP contribution in [0.4, 0.5) is 0 Å². The van der Waals surface area contributed by atoms with E-state index in [0.29, 0.717) is 13.2 Å². The van der Waals surface area contributed by atoms with Gasteiger partial charge in [-0.1, -0.05) is 13.3 Å². The van der Waals surface area contributed by atoms with Crippen LogP contribution in [-0.4, -0.2) is 60.3 Å². The summed E-state index contributed by atoms with van der Waals surface area (Å²) in [5, 5.41) is 12.5. The number of piperidine rings is 1. The maximum atomic E-state index is 12.7. The first kappa shape index (κ1) is 15.3. The monoisotopic (exact) mass is 284 g/mol. The highest BCUT2D eigenvalue weighted by atomic mass is 16.5. The molecule has 0 saturated carbocycles. The first-order valence-corrected chi connectivity index (χ1v) is 7.49. The van der Waals surface area contributed by atoms with Crippen molar-refractivity contribution in [3.63, 3.8) is 0 Å². The number of amides is 1. The van der Waals surface area contributed by atoms with Gasteiger partial charge in [-0.05, 0) is 25.8 Å². The Morgan fingerprint density at radius 2 is 2.15 bits per heavy atom. The predicted octanol–water partition coefficient (Wildman–Crippen LogP) is 0.467. The number of aliphatic carboxylic acids is 1. The Morgan fingerprint density at radius 3 is 2.75 bits per heavy atom. The molecular weight excluding hydrogens is 260 g/mol. The summed E-state index contributed by atoms with van der Waals surface area (Å²) in [5.41, 5.74) is 0. The van der Waals surface area contributed by atoms with Crippen molar-refractivity contribution >= 4 is 11.9 Å². The van der Waals surface area contributed by atoms with Crippen LogP contribution < -0.4 is 5.32 Å². The van der Waals surface area contributed by atoms with Gasteiger partial charge in [0, 0.05) is 6.54 Å². The van der Waals surface area contributed by atoms with Crippen molar-refractivity contribution in [1.82, 2.24) is 10.2 Å². The Labute approximate surface area is 119 Å². The Balaban J connectivity index is 2.08. The lowest BCUT2D eigenvalue weighted by Crippen LogP contribution is -2.54. The molecule has 0 aromatic heterocycles. The molecule has 1 amide bonds. The lowest BCUT2D eigenvalue weighted by molar-refractivity contribution is -0.145. The van der Waals surface area contributed by atoms with E-state index in [4.69, 9.17) is 4.74 Å². The predicted molar refractivity (Wildman–Crippen MR) is 73.4 cm³/mol. The lowest BCUT2D eigenvalue weighted by Gasteiger charge is -2.34. The van der Waals surface area contributed by atoms with E-state index in [1.807, 2.05) is 6.92 Å². The number of carboxylic acids is 1. The van der Waals surface area contributed by atoms with Crippen LogP contribution in [0.2, 0.25) is 0 Å². The minimum atomic E-state index is -0.877. The molecule has 2 saturated heterocycles. The van der Waals surface area contributed by atoms with Crippen LogP contribution in [-0.2, 0) is 14.3 Å². The molecule has 0 aliphatic carbocycles. The van der Waals surface area contributed by atoms with Gasteiger partial charge in [-0.2, -0.15) is 0 Å². The summed E-state index contributed by atoms with van der Waals surface area (Å²) in [6, 6.07) is -0.492. The second-order valence-corrected chi connectivity index (χ2v) is 5.58. The molecular formula is C14H24N2O4. The summed E-state index contributed by atoms with van der Waals surface area (Å²) in [4.78, 5) is 25.7. The van der Waals surface area contributed by atoms with Crippen molar-refractivity contribution in [2.45, 2.75) is 44.7 Å². The molecule has 2 unspecified atom stereocenters. The van der Waals surface area contributed by atoms with Gasteiger partial charge in [0.25, 0.3) is 0 Å². The molecule has 6 nitrogen and oxygen atoms in total. The highest BCUT2D eigenvalue weighted by Crippen LogP contribution is 2.22. The number of nitrogens with zero attached hydrogens (tertiary/aromatic N) is 1. The summed E-state index contributed by atoms with van der Waals surface area (Å²) in [6.45, 7) is 3.98. The zero-order valence-electron chi connectivity index (χ0n) is 12.0. The normalized spacial score (nSPS) is 30.1. The molecule has 20 heavy (non-hydrogen) atoms. The molecule has 2 aliphatic heterocycles. The first-order valence-electron chi connectivity index (χ1n) is 7.49. The molecule has 0 spiro atoms. The molecule has 2 N–H and O–H groups in total. The van der Waals surface area contributed by atoms with Gasteiger partial charge in [0.05, 0.1) is 25.3 Å². The average molecular weight is 284 g/mol. The van der Waals surface area contributed by atoms with E-state index >= 15 is 0 Å². The Hall–Kier alpha value is -1.14. The quantitative estimate of drug-likeness (QED) is 0.767. The topological polar surface area (TPSA) is 78.9 Å². The molecule has 2 fully saturated rings. The fourth-order valence-electron chi connectivity index (χ4n) is 3.03. The summed E-state index contributed by atoms with van der Waals surface area (Å²) in [7, 11) is 0. The maximum absolute atomic E-state index is 12.7. The van der Waals surface area contributed by atoms with Crippen LogP contribution >= 0.6 is 0 Å².